The maximum absolute atomic E-state index is 12.4. The van der Waals surface area contributed by atoms with E-state index in [1.165, 1.54) is 11.8 Å². The molecule has 0 aliphatic carbocycles. The van der Waals surface area contributed by atoms with Crippen LogP contribution in [-0.2, 0) is 4.74 Å². The Kier molecular flexibility index (Phi) is 15.9. The van der Waals surface area contributed by atoms with Gasteiger partial charge in [-0.25, -0.2) is 4.79 Å². The molecule has 1 amide bonds. The van der Waals surface area contributed by atoms with E-state index in [1.807, 2.05) is 52.8 Å². The number of ether oxygens (including phenoxy) is 1. The zero-order valence-corrected chi connectivity index (χ0v) is 24.1. The van der Waals surface area contributed by atoms with Crippen molar-refractivity contribution in [3.8, 4) is 0 Å². The van der Waals surface area contributed by atoms with Gasteiger partial charge in [-0.2, -0.15) is 0 Å². The quantitative estimate of drug-likeness (QED) is 0.364. The van der Waals surface area contributed by atoms with Gasteiger partial charge in [0.05, 0.1) is 0 Å². The summed E-state index contributed by atoms with van der Waals surface area (Å²) in [7, 11) is 0. The largest absolute Gasteiger partial charge is 0.444 e. The molecule has 0 bridgehead atoms. The van der Waals surface area contributed by atoms with Crippen molar-refractivity contribution >= 4 is 38.1 Å². The maximum Gasteiger partial charge on any atom is 0.410 e. The van der Waals surface area contributed by atoms with E-state index in [9.17, 15) is 4.79 Å². The van der Waals surface area contributed by atoms with Crippen molar-refractivity contribution in [2.75, 3.05) is 26.2 Å². The Bertz CT molecular complexity index is 798. The van der Waals surface area contributed by atoms with Crippen LogP contribution in [-0.4, -0.2) is 47.7 Å². The van der Waals surface area contributed by atoms with Gasteiger partial charge in [0.25, 0.3) is 0 Å². The molecule has 0 spiro atoms. The first-order chi connectivity index (χ1) is 16.1. The average Bonchev–Trinajstić information content (AvgIpc) is 2.79. The molecule has 34 heavy (non-hydrogen) atoms. The van der Waals surface area contributed by atoms with Gasteiger partial charge in [-0.1, -0.05) is 73.1 Å². The molecule has 0 saturated carbocycles. The molecule has 5 nitrogen and oxygen atoms in total. The van der Waals surface area contributed by atoms with E-state index in [1.54, 1.807) is 4.90 Å². The van der Waals surface area contributed by atoms with Crippen molar-refractivity contribution < 1.29 is 9.53 Å². The number of benzene rings is 1. The Balaban J connectivity index is 0.00000201. The number of hydrogen-bond donors (Lipinski definition) is 1. The highest BCUT2D eigenvalue weighted by Gasteiger charge is 2.30. The molecule has 1 fully saturated rings. The Morgan fingerprint density at radius 1 is 1.24 bits per heavy atom. The zero-order chi connectivity index (χ0) is 26.3. The Morgan fingerprint density at radius 2 is 1.79 bits per heavy atom. The van der Waals surface area contributed by atoms with Crippen molar-refractivity contribution in [2.45, 2.75) is 66.0 Å². The van der Waals surface area contributed by atoms with Crippen LogP contribution >= 0.6 is 27.5 Å². The van der Waals surface area contributed by atoms with Crippen LogP contribution < -0.4 is 5.73 Å². The number of carbonyl (C=O) groups excluding carboxylic acids is 1. The van der Waals surface area contributed by atoms with Gasteiger partial charge in [0, 0.05) is 41.7 Å². The van der Waals surface area contributed by atoms with Crippen molar-refractivity contribution in [3.63, 3.8) is 0 Å². The van der Waals surface area contributed by atoms with Crippen LogP contribution in [0.25, 0.3) is 4.48 Å². The molecule has 0 radical (unpaired) electrons. The lowest BCUT2D eigenvalue weighted by molar-refractivity contribution is 0.0103. The fraction of sp³-hybridized carbons (Fsp3) is 0.519. The summed E-state index contributed by atoms with van der Waals surface area (Å²) < 4.78 is 6.57. The molecule has 0 aromatic heterocycles. The number of nitrogens with zero attached hydrogens (tertiary/aromatic N) is 2. The van der Waals surface area contributed by atoms with E-state index in [2.05, 4.69) is 58.8 Å². The summed E-state index contributed by atoms with van der Waals surface area (Å²) >= 11 is 10.0. The molecule has 7 heteroatoms. The number of amides is 1. The molecular formula is C27H43BrClN3O2. The van der Waals surface area contributed by atoms with Gasteiger partial charge >= 0.3 is 6.09 Å². The van der Waals surface area contributed by atoms with Gasteiger partial charge in [-0.3, -0.25) is 4.90 Å². The Labute approximate surface area is 220 Å². The van der Waals surface area contributed by atoms with E-state index in [-0.39, 0.29) is 12.1 Å². The number of rotatable bonds is 6. The fourth-order valence-corrected chi connectivity index (χ4v) is 4.33. The smallest absolute Gasteiger partial charge is 0.410 e. The molecule has 2 rings (SSSR count). The number of nitrogens with two attached hydrogens (primary N) is 1. The summed E-state index contributed by atoms with van der Waals surface area (Å²) in [6.07, 6.45) is 6.89. The van der Waals surface area contributed by atoms with Gasteiger partial charge in [0.2, 0.25) is 0 Å². The van der Waals surface area contributed by atoms with Gasteiger partial charge in [0.15, 0.2) is 0 Å². The van der Waals surface area contributed by atoms with Crippen molar-refractivity contribution in [1.82, 2.24) is 9.80 Å². The first-order valence-electron chi connectivity index (χ1n) is 11.9. The number of carbonyl (C=O) groups is 1. The molecule has 2 N–H and O–H groups in total. The maximum atomic E-state index is 12.4. The topological polar surface area (TPSA) is 58.8 Å². The minimum Gasteiger partial charge on any atom is -0.444 e. The van der Waals surface area contributed by atoms with Crippen LogP contribution in [0.3, 0.4) is 0 Å². The standard InChI is InChI=1S/C23H32BrClN2O2.C2H5N.C2H6/c1-6-8-20(24)19-16-17(25)10-11-18(19)21(9-7-2)26-12-14-27(15-13-26)22(28)29-23(3,4)5;1-2-3;1-2/h7-8,10-11,16,21H,2,6,9,12-15H2,1,3-5H3;2H,1,3H2;1-2H3/b20-8+;;. The first-order valence-corrected chi connectivity index (χ1v) is 13.1. The highest BCUT2D eigenvalue weighted by Crippen LogP contribution is 2.36. The average molecular weight is 557 g/mol. The molecular weight excluding hydrogens is 514 g/mol. The third kappa shape index (κ3) is 11.1. The molecule has 1 aromatic rings. The lowest BCUT2D eigenvalue weighted by Gasteiger charge is -2.40. The van der Waals surface area contributed by atoms with Gasteiger partial charge in [-0.15, -0.1) is 6.58 Å². The SMILES string of the molecule is C=CCC(c1ccc(Cl)cc1/C(Br)=C\CC)N1CCN(C(=O)OC(C)(C)C)CC1.C=CN.CC. The third-order valence-electron chi connectivity index (χ3n) is 4.81. The highest BCUT2D eigenvalue weighted by molar-refractivity contribution is 9.15. The zero-order valence-electron chi connectivity index (χ0n) is 21.7. The summed E-state index contributed by atoms with van der Waals surface area (Å²) in [6, 6.07) is 6.25. The second-order valence-electron chi connectivity index (χ2n) is 8.47. The van der Waals surface area contributed by atoms with Crippen LogP contribution in [0.1, 0.15) is 71.6 Å². The second-order valence-corrected chi connectivity index (χ2v) is 9.76. The van der Waals surface area contributed by atoms with Crippen molar-refractivity contribution in [1.29, 1.82) is 0 Å². The van der Waals surface area contributed by atoms with Crippen LogP contribution in [0.2, 0.25) is 5.02 Å². The summed E-state index contributed by atoms with van der Waals surface area (Å²) in [5.41, 5.74) is 6.47. The molecule has 1 saturated heterocycles. The Hall–Kier alpha value is -1.76. The van der Waals surface area contributed by atoms with E-state index in [4.69, 9.17) is 16.3 Å². The summed E-state index contributed by atoms with van der Waals surface area (Å²) in [6.45, 7) is 21.8. The number of allylic oxidation sites excluding steroid dienone is 1. The minimum atomic E-state index is -0.476. The minimum absolute atomic E-state index is 0.179. The van der Waals surface area contributed by atoms with Crippen LogP contribution in [0.4, 0.5) is 4.79 Å². The van der Waals surface area contributed by atoms with E-state index in [0.717, 1.165) is 41.0 Å². The van der Waals surface area contributed by atoms with Crippen LogP contribution in [0, 0.1) is 0 Å². The van der Waals surface area contributed by atoms with Crippen molar-refractivity contribution in [2.24, 2.45) is 5.73 Å². The second kappa shape index (κ2) is 16.8. The predicted molar refractivity (Wildman–Crippen MR) is 151 cm³/mol. The highest BCUT2D eigenvalue weighted by atomic mass is 79.9. The first kappa shape index (κ1) is 32.2. The fourth-order valence-electron chi connectivity index (χ4n) is 3.49. The van der Waals surface area contributed by atoms with Gasteiger partial charge in [-0.05, 0) is 63.1 Å². The Morgan fingerprint density at radius 3 is 2.26 bits per heavy atom. The molecule has 192 valence electrons. The number of halogens is 2. The lowest BCUT2D eigenvalue weighted by Crippen LogP contribution is -2.50. The van der Waals surface area contributed by atoms with E-state index in [0.29, 0.717) is 13.1 Å². The van der Waals surface area contributed by atoms with E-state index >= 15 is 0 Å². The monoisotopic (exact) mass is 555 g/mol. The van der Waals surface area contributed by atoms with Crippen LogP contribution in [0.15, 0.2) is 49.7 Å². The molecule has 1 atom stereocenters. The number of hydrogen-bond acceptors (Lipinski definition) is 4. The summed E-state index contributed by atoms with van der Waals surface area (Å²) in [5.74, 6) is 0. The number of piperazine rings is 1. The van der Waals surface area contributed by atoms with Gasteiger partial charge < -0.3 is 15.4 Å². The van der Waals surface area contributed by atoms with E-state index < -0.39 is 5.60 Å². The lowest BCUT2D eigenvalue weighted by atomic mass is 9.95. The molecule has 1 aliphatic rings. The molecule has 1 aliphatic heterocycles. The molecule has 1 aromatic carbocycles. The van der Waals surface area contributed by atoms with Crippen molar-refractivity contribution in [3.05, 3.63) is 65.9 Å². The normalized spacial score (nSPS) is 15.2. The molecule has 1 unspecified atom stereocenters. The predicted octanol–water partition coefficient (Wildman–Crippen LogP) is 7.77. The summed E-state index contributed by atoms with van der Waals surface area (Å²) in [5, 5.41) is 0.720. The third-order valence-corrected chi connectivity index (χ3v) is 5.80. The summed E-state index contributed by atoms with van der Waals surface area (Å²) in [4.78, 5) is 16.6. The van der Waals surface area contributed by atoms with Gasteiger partial charge in [0.1, 0.15) is 5.60 Å². The molecule has 1 heterocycles. The van der Waals surface area contributed by atoms with Crippen LogP contribution in [0.5, 0.6) is 0 Å².